The molecule has 1 aliphatic rings. The van der Waals surface area contributed by atoms with Gasteiger partial charge in [-0.25, -0.2) is 0 Å². The summed E-state index contributed by atoms with van der Waals surface area (Å²) in [5.41, 5.74) is 6.52. The fourth-order valence-corrected chi connectivity index (χ4v) is 4.30. The summed E-state index contributed by atoms with van der Waals surface area (Å²) in [5.74, 6) is -0.131. The molecule has 4 N–H and O–H groups in total. The van der Waals surface area contributed by atoms with E-state index in [9.17, 15) is 14.4 Å². The Morgan fingerprint density at radius 2 is 1.84 bits per heavy atom. The molecule has 38 heavy (non-hydrogen) atoms. The van der Waals surface area contributed by atoms with Crippen LogP contribution in [-0.2, 0) is 9.59 Å². The number of anilines is 1. The van der Waals surface area contributed by atoms with E-state index < -0.39 is 0 Å². The van der Waals surface area contributed by atoms with Gasteiger partial charge in [-0.2, -0.15) is 0 Å². The Bertz CT molecular complexity index is 1220. The van der Waals surface area contributed by atoms with Crippen LogP contribution in [0.5, 0.6) is 0 Å². The number of amides is 2. The number of rotatable bonds is 10. The summed E-state index contributed by atoms with van der Waals surface area (Å²) < 4.78 is 0. The number of allylic oxidation sites excluding steroid dienone is 1. The van der Waals surface area contributed by atoms with Gasteiger partial charge in [0.15, 0.2) is 0 Å². The smallest absolute Gasteiger partial charge is 0.256 e. The highest BCUT2D eigenvalue weighted by Crippen LogP contribution is 2.34. The van der Waals surface area contributed by atoms with Gasteiger partial charge in [0, 0.05) is 48.1 Å². The van der Waals surface area contributed by atoms with Crippen molar-refractivity contribution in [3.8, 4) is 0 Å². The molecule has 0 radical (unpaired) electrons. The number of carbonyl (C=O) groups excluding carboxylic acids is 3. The first kappa shape index (κ1) is 30.6. The molecule has 8 nitrogen and oxygen atoms in total. The zero-order chi connectivity index (χ0) is 28.6. The maximum atomic E-state index is 12.8. The molecule has 0 saturated carbocycles. The molecule has 8 heteroatoms. The zero-order valence-corrected chi connectivity index (χ0v) is 23.7. The van der Waals surface area contributed by atoms with Gasteiger partial charge < -0.3 is 25.6 Å². The third-order valence-electron chi connectivity index (χ3n) is 6.79. The number of aliphatic hydroxyl groups is 1. The number of aliphatic hydroxyl groups excluding tert-OH is 1. The Kier molecular flexibility index (Phi) is 11.1. The Hall–Kier alpha value is -3.65. The predicted molar refractivity (Wildman–Crippen MR) is 154 cm³/mol. The molecular weight excluding hydrogens is 480 g/mol. The molecule has 2 heterocycles. The largest absolute Gasteiger partial charge is 0.513 e. The third-order valence-corrected chi connectivity index (χ3v) is 6.79. The van der Waals surface area contributed by atoms with Gasteiger partial charge in [-0.15, -0.1) is 0 Å². The minimum Gasteiger partial charge on any atom is -0.513 e. The van der Waals surface area contributed by atoms with E-state index >= 15 is 0 Å². The van der Waals surface area contributed by atoms with Crippen LogP contribution in [-0.4, -0.2) is 58.8 Å². The SMILES string of the molecule is C=C(O)C[C@H](C)C(C)=O.CCN(CC)CCNC(=O)c1c(C)[nH]c(/C=C2\C(=O)Nc3ccc(C)cc32)c1C. The number of hydrogen-bond acceptors (Lipinski definition) is 5. The van der Waals surface area contributed by atoms with Crippen molar-refractivity contribution in [1.29, 1.82) is 0 Å². The molecule has 0 unspecified atom stereocenters. The normalized spacial score (nSPS) is 14.0. The van der Waals surface area contributed by atoms with Crippen LogP contribution in [0.2, 0.25) is 0 Å². The van der Waals surface area contributed by atoms with Crippen molar-refractivity contribution in [1.82, 2.24) is 15.2 Å². The Morgan fingerprint density at radius 1 is 1.18 bits per heavy atom. The van der Waals surface area contributed by atoms with E-state index in [4.69, 9.17) is 5.11 Å². The lowest BCUT2D eigenvalue weighted by molar-refractivity contribution is -0.120. The number of hydrogen-bond donors (Lipinski definition) is 4. The molecule has 2 aromatic rings. The van der Waals surface area contributed by atoms with Gasteiger partial charge in [0.05, 0.1) is 16.9 Å². The monoisotopic (exact) mass is 522 g/mol. The number of H-pyrrole nitrogens is 1. The number of Topliss-reactive ketones (excluding diaryl/α,β-unsaturated/α-hetero) is 1. The predicted octanol–water partition coefficient (Wildman–Crippen LogP) is 5.18. The highest BCUT2D eigenvalue weighted by molar-refractivity contribution is 6.35. The van der Waals surface area contributed by atoms with Crippen molar-refractivity contribution in [2.75, 3.05) is 31.5 Å². The lowest BCUT2D eigenvalue weighted by Gasteiger charge is -2.18. The first-order valence-corrected chi connectivity index (χ1v) is 13.1. The summed E-state index contributed by atoms with van der Waals surface area (Å²) in [7, 11) is 0. The second kappa shape index (κ2) is 13.8. The molecule has 3 rings (SSSR count). The van der Waals surface area contributed by atoms with Crippen molar-refractivity contribution >= 4 is 34.9 Å². The first-order chi connectivity index (χ1) is 17.9. The van der Waals surface area contributed by atoms with Gasteiger partial charge in [0.25, 0.3) is 11.8 Å². The van der Waals surface area contributed by atoms with Gasteiger partial charge in [-0.1, -0.05) is 39.0 Å². The average molecular weight is 523 g/mol. The molecule has 0 aliphatic carbocycles. The topological polar surface area (TPSA) is 115 Å². The highest BCUT2D eigenvalue weighted by atomic mass is 16.3. The molecule has 1 aromatic heterocycles. The van der Waals surface area contributed by atoms with Gasteiger partial charge in [0.2, 0.25) is 0 Å². The van der Waals surface area contributed by atoms with Crippen molar-refractivity contribution < 1.29 is 19.5 Å². The molecule has 0 bridgehead atoms. The van der Waals surface area contributed by atoms with Gasteiger partial charge in [-0.05, 0) is 64.6 Å². The number of fused-ring (bicyclic) bond motifs is 1. The van der Waals surface area contributed by atoms with E-state index in [1.807, 2.05) is 45.0 Å². The molecule has 206 valence electrons. The van der Waals surface area contributed by atoms with Crippen LogP contribution < -0.4 is 10.6 Å². The molecule has 2 amide bonds. The van der Waals surface area contributed by atoms with Crippen molar-refractivity contribution in [2.45, 2.75) is 54.9 Å². The third kappa shape index (κ3) is 7.92. The fourth-order valence-electron chi connectivity index (χ4n) is 4.30. The van der Waals surface area contributed by atoms with Crippen LogP contribution in [0, 0.1) is 26.7 Å². The number of aryl methyl sites for hydroxylation is 2. The quantitative estimate of drug-likeness (QED) is 0.254. The Balaban J connectivity index is 0.000000484. The Morgan fingerprint density at radius 3 is 2.39 bits per heavy atom. The molecule has 0 fully saturated rings. The number of benzene rings is 1. The van der Waals surface area contributed by atoms with E-state index in [2.05, 4.69) is 40.9 Å². The fraction of sp³-hybridized carbons (Fsp3) is 0.433. The van der Waals surface area contributed by atoms with Crippen LogP contribution in [0.15, 0.2) is 30.5 Å². The molecule has 1 aromatic carbocycles. The molecule has 0 saturated heterocycles. The summed E-state index contributed by atoms with van der Waals surface area (Å²) in [6.45, 7) is 20.0. The Labute approximate surface area is 226 Å². The minimum absolute atomic E-state index is 0.0812. The van der Waals surface area contributed by atoms with Crippen LogP contribution in [0.25, 0.3) is 11.6 Å². The van der Waals surface area contributed by atoms with Crippen molar-refractivity contribution in [2.24, 2.45) is 5.92 Å². The number of aromatic amines is 1. The summed E-state index contributed by atoms with van der Waals surface area (Å²) in [4.78, 5) is 41.3. The van der Waals surface area contributed by atoms with Crippen molar-refractivity contribution in [3.05, 3.63) is 64.2 Å². The summed E-state index contributed by atoms with van der Waals surface area (Å²) >= 11 is 0. The molecule has 0 spiro atoms. The lowest BCUT2D eigenvalue weighted by Crippen LogP contribution is -2.35. The number of likely N-dealkylation sites (N-methyl/N-ethyl adjacent to an activating group) is 1. The van der Waals surface area contributed by atoms with E-state index in [0.29, 0.717) is 24.1 Å². The summed E-state index contributed by atoms with van der Waals surface area (Å²) in [6.07, 6.45) is 2.23. The van der Waals surface area contributed by atoms with E-state index in [-0.39, 0.29) is 29.3 Å². The number of nitrogens with one attached hydrogen (secondary N) is 3. The summed E-state index contributed by atoms with van der Waals surface area (Å²) in [5, 5.41) is 14.5. The second-order valence-corrected chi connectivity index (χ2v) is 9.79. The van der Waals surface area contributed by atoms with Crippen molar-refractivity contribution in [3.63, 3.8) is 0 Å². The number of ketones is 1. The first-order valence-electron chi connectivity index (χ1n) is 13.1. The van der Waals surface area contributed by atoms with E-state index in [1.165, 1.54) is 6.92 Å². The average Bonchev–Trinajstić information content (AvgIpc) is 3.31. The van der Waals surface area contributed by atoms with E-state index in [1.54, 1.807) is 6.92 Å². The highest BCUT2D eigenvalue weighted by Gasteiger charge is 2.25. The van der Waals surface area contributed by atoms with Gasteiger partial charge in [-0.3, -0.25) is 14.4 Å². The van der Waals surface area contributed by atoms with Gasteiger partial charge >= 0.3 is 0 Å². The van der Waals surface area contributed by atoms with Crippen LogP contribution >= 0.6 is 0 Å². The maximum Gasteiger partial charge on any atom is 0.256 e. The van der Waals surface area contributed by atoms with E-state index in [0.717, 1.165) is 53.4 Å². The molecule has 1 aliphatic heterocycles. The van der Waals surface area contributed by atoms with Gasteiger partial charge in [0.1, 0.15) is 5.78 Å². The zero-order valence-electron chi connectivity index (χ0n) is 23.7. The summed E-state index contributed by atoms with van der Waals surface area (Å²) in [6, 6.07) is 5.91. The number of carbonyl (C=O) groups is 3. The van der Waals surface area contributed by atoms with Crippen LogP contribution in [0.3, 0.4) is 0 Å². The van der Waals surface area contributed by atoms with Crippen LogP contribution in [0.4, 0.5) is 5.69 Å². The van der Waals surface area contributed by atoms with Crippen LogP contribution in [0.1, 0.15) is 72.6 Å². The maximum absolute atomic E-state index is 12.8. The number of nitrogens with zero attached hydrogens (tertiary/aromatic N) is 1. The number of aromatic nitrogens is 1. The second-order valence-electron chi connectivity index (χ2n) is 9.79. The molecular formula is C30H42N4O4. The minimum atomic E-state index is -0.123. The standard InChI is InChI=1S/C23H30N4O2.C7H12O2/c1-6-27(7-2)11-10-24-23(29)21-15(4)20(25-16(21)5)13-18-17-12-14(3)8-9-19(17)26-22(18)28;1-5(7(3)9)4-6(2)8/h8-9,12-13,25H,6-7,10-11H2,1-5H3,(H,24,29)(H,26,28);5,8H,2,4H2,1,3H3/b18-13-;/t;5-/m.0/s1. The lowest BCUT2D eigenvalue weighted by atomic mass is 10.0. The molecule has 1 atom stereocenters.